The van der Waals surface area contributed by atoms with E-state index in [0.717, 1.165) is 16.8 Å². The van der Waals surface area contributed by atoms with Crippen LogP contribution in [-0.4, -0.2) is 34.3 Å². The number of rotatable bonds is 5. The lowest BCUT2D eigenvalue weighted by molar-refractivity contribution is -0.116. The number of amides is 1. The maximum Gasteiger partial charge on any atom is 0.225 e. The molecule has 1 N–H and O–H groups in total. The number of methoxy groups -OCH3 is 4. The molecule has 2 aromatic rings. The first-order chi connectivity index (χ1) is 12.1. The largest absolute Gasteiger partial charge is 0.497 e. The Morgan fingerprint density at radius 1 is 0.840 bits per heavy atom. The summed E-state index contributed by atoms with van der Waals surface area (Å²) < 4.78 is 21.5. The normalized spacial score (nSPS) is 15.8. The number of carbonyl (C=O) groups is 1. The molecule has 1 amide bonds. The van der Waals surface area contributed by atoms with E-state index in [1.807, 2.05) is 24.3 Å². The predicted octanol–water partition coefficient (Wildman–Crippen LogP) is 3.20. The van der Waals surface area contributed by atoms with Crippen LogP contribution in [0.15, 0.2) is 30.3 Å². The molecule has 1 aliphatic rings. The van der Waals surface area contributed by atoms with Gasteiger partial charge in [0.1, 0.15) is 11.5 Å². The van der Waals surface area contributed by atoms with Gasteiger partial charge in [-0.25, -0.2) is 0 Å². The molecule has 0 spiro atoms. The van der Waals surface area contributed by atoms with Crippen molar-refractivity contribution in [1.29, 1.82) is 0 Å². The van der Waals surface area contributed by atoms with Crippen molar-refractivity contribution in [3.63, 3.8) is 0 Å². The van der Waals surface area contributed by atoms with Crippen LogP contribution in [0.1, 0.15) is 23.5 Å². The summed E-state index contributed by atoms with van der Waals surface area (Å²) in [6.07, 6.45) is 0.325. The van der Waals surface area contributed by atoms with Crippen molar-refractivity contribution < 1.29 is 23.7 Å². The number of hydrogen-bond donors (Lipinski definition) is 1. The minimum Gasteiger partial charge on any atom is -0.497 e. The van der Waals surface area contributed by atoms with E-state index in [4.69, 9.17) is 18.9 Å². The van der Waals surface area contributed by atoms with Crippen molar-refractivity contribution in [2.75, 3.05) is 33.8 Å². The highest BCUT2D eigenvalue weighted by Gasteiger charge is 2.30. The van der Waals surface area contributed by atoms with E-state index in [9.17, 15) is 4.79 Å². The first-order valence-corrected chi connectivity index (χ1v) is 7.89. The van der Waals surface area contributed by atoms with Gasteiger partial charge in [0.15, 0.2) is 11.5 Å². The second kappa shape index (κ2) is 6.93. The fourth-order valence-electron chi connectivity index (χ4n) is 3.17. The highest BCUT2D eigenvalue weighted by atomic mass is 16.5. The zero-order valence-corrected chi connectivity index (χ0v) is 14.7. The van der Waals surface area contributed by atoms with Gasteiger partial charge < -0.3 is 24.3 Å². The summed E-state index contributed by atoms with van der Waals surface area (Å²) in [5, 5.41) is 2.91. The van der Waals surface area contributed by atoms with Crippen LogP contribution in [0.4, 0.5) is 5.69 Å². The van der Waals surface area contributed by atoms with Crippen molar-refractivity contribution in [2.24, 2.45) is 0 Å². The van der Waals surface area contributed by atoms with Gasteiger partial charge >= 0.3 is 0 Å². The highest BCUT2D eigenvalue weighted by molar-refractivity contribution is 5.96. The van der Waals surface area contributed by atoms with Gasteiger partial charge in [-0.1, -0.05) is 6.07 Å². The molecule has 0 bridgehead atoms. The maximum atomic E-state index is 12.2. The standard InChI is InChI=1S/C19H21NO5/c1-22-11-5-6-12(16(7-11)23-2)13-9-19(21)20-15-10-18(25-4)17(24-3)8-14(13)15/h5-8,10,13H,9H2,1-4H3,(H,20,21)/t13-/m1/s1. The molecule has 0 saturated heterocycles. The Morgan fingerprint density at radius 2 is 1.52 bits per heavy atom. The summed E-state index contributed by atoms with van der Waals surface area (Å²) in [5.74, 6) is 2.37. The Morgan fingerprint density at radius 3 is 2.16 bits per heavy atom. The summed E-state index contributed by atoms with van der Waals surface area (Å²) in [6, 6.07) is 9.31. The Bertz CT molecular complexity index is 803. The van der Waals surface area contributed by atoms with E-state index in [2.05, 4.69) is 5.32 Å². The molecule has 0 fully saturated rings. The van der Waals surface area contributed by atoms with Gasteiger partial charge in [-0.05, 0) is 17.7 Å². The monoisotopic (exact) mass is 343 g/mol. The zero-order chi connectivity index (χ0) is 18.0. The van der Waals surface area contributed by atoms with E-state index in [-0.39, 0.29) is 11.8 Å². The van der Waals surface area contributed by atoms with Crippen LogP contribution < -0.4 is 24.3 Å². The quantitative estimate of drug-likeness (QED) is 0.903. The summed E-state index contributed by atoms with van der Waals surface area (Å²) in [7, 11) is 6.37. The van der Waals surface area contributed by atoms with E-state index in [1.54, 1.807) is 34.5 Å². The van der Waals surface area contributed by atoms with Crippen LogP contribution in [0.3, 0.4) is 0 Å². The van der Waals surface area contributed by atoms with E-state index in [1.165, 1.54) is 0 Å². The van der Waals surface area contributed by atoms with Crippen LogP contribution in [0.5, 0.6) is 23.0 Å². The molecule has 0 unspecified atom stereocenters. The Balaban J connectivity index is 2.15. The minimum absolute atomic E-state index is 0.0532. The Kier molecular flexibility index (Phi) is 4.70. The van der Waals surface area contributed by atoms with Crippen molar-refractivity contribution in [3.8, 4) is 23.0 Å². The molecule has 0 saturated carbocycles. The molecular weight excluding hydrogens is 322 g/mol. The minimum atomic E-state index is -0.149. The van der Waals surface area contributed by atoms with Gasteiger partial charge in [-0.3, -0.25) is 4.79 Å². The molecule has 2 aromatic carbocycles. The van der Waals surface area contributed by atoms with Crippen molar-refractivity contribution in [3.05, 3.63) is 41.5 Å². The Hall–Kier alpha value is -2.89. The van der Waals surface area contributed by atoms with Crippen LogP contribution >= 0.6 is 0 Å². The smallest absolute Gasteiger partial charge is 0.225 e. The molecule has 6 heteroatoms. The SMILES string of the molecule is COc1ccc([C@H]2CC(=O)Nc3cc(OC)c(OC)cc32)c(OC)c1. The molecule has 1 heterocycles. The lowest BCUT2D eigenvalue weighted by Crippen LogP contribution is -2.24. The predicted molar refractivity (Wildman–Crippen MR) is 94.2 cm³/mol. The van der Waals surface area contributed by atoms with Crippen LogP contribution in [0.25, 0.3) is 0 Å². The number of nitrogens with one attached hydrogen (secondary N) is 1. The maximum absolute atomic E-state index is 12.2. The van der Waals surface area contributed by atoms with E-state index < -0.39 is 0 Å². The molecule has 132 valence electrons. The van der Waals surface area contributed by atoms with Crippen LogP contribution in [0.2, 0.25) is 0 Å². The molecule has 25 heavy (non-hydrogen) atoms. The average Bonchev–Trinajstić information content (AvgIpc) is 2.65. The van der Waals surface area contributed by atoms with E-state index >= 15 is 0 Å². The fraction of sp³-hybridized carbons (Fsp3) is 0.316. The molecular formula is C19H21NO5. The van der Waals surface area contributed by atoms with Gasteiger partial charge in [0.25, 0.3) is 0 Å². The van der Waals surface area contributed by atoms with Crippen molar-refractivity contribution >= 4 is 11.6 Å². The first-order valence-electron chi connectivity index (χ1n) is 7.89. The second-order valence-corrected chi connectivity index (χ2v) is 5.71. The molecule has 3 rings (SSSR count). The topological polar surface area (TPSA) is 66.0 Å². The molecule has 1 atom stereocenters. The number of benzene rings is 2. The highest BCUT2D eigenvalue weighted by Crippen LogP contribution is 2.45. The van der Waals surface area contributed by atoms with Gasteiger partial charge in [-0.15, -0.1) is 0 Å². The summed E-state index contributed by atoms with van der Waals surface area (Å²) in [4.78, 5) is 12.2. The van der Waals surface area contributed by atoms with Crippen molar-refractivity contribution in [2.45, 2.75) is 12.3 Å². The van der Waals surface area contributed by atoms with E-state index in [0.29, 0.717) is 29.4 Å². The summed E-state index contributed by atoms with van der Waals surface area (Å²) >= 11 is 0. The molecule has 0 aromatic heterocycles. The van der Waals surface area contributed by atoms with Gasteiger partial charge in [-0.2, -0.15) is 0 Å². The summed E-state index contributed by atoms with van der Waals surface area (Å²) in [5.41, 5.74) is 2.60. The number of anilines is 1. The number of hydrogen-bond acceptors (Lipinski definition) is 5. The van der Waals surface area contributed by atoms with Crippen molar-refractivity contribution in [1.82, 2.24) is 0 Å². The van der Waals surface area contributed by atoms with Crippen LogP contribution in [0, 0.1) is 0 Å². The third-order valence-corrected chi connectivity index (χ3v) is 4.41. The second-order valence-electron chi connectivity index (χ2n) is 5.71. The molecule has 0 aliphatic carbocycles. The lowest BCUT2D eigenvalue weighted by Gasteiger charge is -2.28. The molecule has 0 radical (unpaired) electrons. The summed E-state index contributed by atoms with van der Waals surface area (Å²) in [6.45, 7) is 0. The van der Waals surface area contributed by atoms with Crippen LogP contribution in [-0.2, 0) is 4.79 Å². The fourth-order valence-corrected chi connectivity index (χ4v) is 3.17. The zero-order valence-electron chi connectivity index (χ0n) is 14.7. The lowest BCUT2D eigenvalue weighted by atomic mass is 9.84. The van der Waals surface area contributed by atoms with Gasteiger partial charge in [0.2, 0.25) is 5.91 Å². The average molecular weight is 343 g/mol. The first kappa shape index (κ1) is 17.0. The number of fused-ring (bicyclic) bond motifs is 1. The van der Waals surface area contributed by atoms with Gasteiger partial charge in [0, 0.05) is 35.7 Å². The third kappa shape index (κ3) is 3.07. The molecule has 6 nitrogen and oxygen atoms in total. The number of ether oxygens (including phenoxy) is 4. The van der Waals surface area contributed by atoms with Gasteiger partial charge in [0.05, 0.1) is 28.4 Å². The Labute approximate surface area is 146 Å². The molecule has 1 aliphatic heterocycles. The third-order valence-electron chi connectivity index (χ3n) is 4.41. The number of carbonyl (C=O) groups excluding carboxylic acids is 1.